The van der Waals surface area contributed by atoms with Crippen molar-refractivity contribution in [2.45, 2.75) is 12.5 Å². The van der Waals surface area contributed by atoms with Gasteiger partial charge in [-0.05, 0) is 25.1 Å². The van der Waals surface area contributed by atoms with Crippen LogP contribution in [0.5, 0.6) is 5.75 Å². The molecule has 1 heterocycles. The molecule has 1 N–H and O–H groups in total. The number of hydrogen-bond acceptors (Lipinski definition) is 4. The lowest BCUT2D eigenvalue weighted by Gasteiger charge is -2.23. The Balaban J connectivity index is 2.01. The Kier molecular flexibility index (Phi) is 5.76. The zero-order valence-electron chi connectivity index (χ0n) is 14.1. The lowest BCUT2D eigenvalue weighted by molar-refractivity contribution is -0.132. The van der Waals surface area contributed by atoms with E-state index in [-0.39, 0.29) is 11.9 Å². The molecule has 0 saturated heterocycles. The third-order valence-corrected chi connectivity index (χ3v) is 3.88. The minimum absolute atomic E-state index is 0.0235. The molecule has 1 amide bonds. The van der Waals surface area contributed by atoms with E-state index < -0.39 is 0 Å². The van der Waals surface area contributed by atoms with Crippen LogP contribution in [-0.2, 0) is 18.3 Å². The van der Waals surface area contributed by atoms with Gasteiger partial charge < -0.3 is 15.0 Å². The number of ether oxygens (including phenoxy) is 1. The monoisotopic (exact) mass is 316 g/mol. The van der Waals surface area contributed by atoms with E-state index >= 15 is 0 Å². The summed E-state index contributed by atoms with van der Waals surface area (Å²) in [6, 6.07) is 7.49. The number of methoxy groups -OCH3 is 1. The minimum Gasteiger partial charge on any atom is -0.496 e. The van der Waals surface area contributed by atoms with Gasteiger partial charge in [-0.2, -0.15) is 5.10 Å². The second-order valence-corrected chi connectivity index (χ2v) is 5.49. The first-order valence-corrected chi connectivity index (χ1v) is 7.59. The van der Waals surface area contributed by atoms with E-state index in [4.69, 9.17) is 4.74 Å². The van der Waals surface area contributed by atoms with Crippen molar-refractivity contribution < 1.29 is 9.53 Å². The average molecular weight is 316 g/mol. The topological polar surface area (TPSA) is 59.4 Å². The molecular weight excluding hydrogens is 292 g/mol. The first-order chi connectivity index (χ1) is 11.1. The van der Waals surface area contributed by atoms with Crippen molar-refractivity contribution in [3.05, 3.63) is 47.8 Å². The molecule has 0 fully saturated rings. The predicted molar refractivity (Wildman–Crippen MR) is 89.3 cm³/mol. The number of rotatable bonds is 7. The van der Waals surface area contributed by atoms with Crippen LogP contribution in [0.1, 0.15) is 17.2 Å². The zero-order chi connectivity index (χ0) is 16.8. The highest BCUT2D eigenvalue weighted by atomic mass is 16.5. The molecule has 1 aromatic heterocycles. The van der Waals surface area contributed by atoms with Crippen LogP contribution >= 0.6 is 0 Å². The van der Waals surface area contributed by atoms with Crippen LogP contribution in [0.2, 0.25) is 0 Å². The fourth-order valence-electron chi connectivity index (χ4n) is 2.55. The summed E-state index contributed by atoms with van der Waals surface area (Å²) in [5, 5.41) is 7.20. The Bertz CT molecular complexity index is 654. The number of nitrogens with zero attached hydrogens (tertiary/aromatic N) is 3. The molecule has 0 radical (unpaired) electrons. The van der Waals surface area contributed by atoms with Gasteiger partial charge in [0.1, 0.15) is 11.8 Å². The Hall–Kier alpha value is -2.34. The van der Waals surface area contributed by atoms with Gasteiger partial charge >= 0.3 is 0 Å². The zero-order valence-corrected chi connectivity index (χ0v) is 14.1. The Morgan fingerprint density at radius 1 is 1.43 bits per heavy atom. The van der Waals surface area contributed by atoms with E-state index in [0.717, 1.165) is 23.3 Å². The molecule has 0 bridgehead atoms. The van der Waals surface area contributed by atoms with Crippen LogP contribution in [0.4, 0.5) is 0 Å². The van der Waals surface area contributed by atoms with E-state index in [1.807, 2.05) is 44.6 Å². The van der Waals surface area contributed by atoms with E-state index in [2.05, 4.69) is 10.4 Å². The number of carbonyl (C=O) groups is 1. The maximum Gasteiger partial charge on any atom is 0.244 e. The van der Waals surface area contributed by atoms with Gasteiger partial charge in [-0.25, -0.2) is 0 Å². The largest absolute Gasteiger partial charge is 0.496 e. The molecule has 0 spiro atoms. The van der Waals surface area contributed by atoms with Crippen molar-refractivity contribution >= 4 is 5.91 Å². The van der Waals surface area contributed by atoms with Crippen molar-refractivity contribution in [2.75, 3.05) is 27.7 Å². The van der Waals surface area contributed by atoms with Gasteiger partial charge in [0.2, 0.25) is 5.91 Å². The van der Waals surface area contributed by atoms with Crippen LogP contribution in [0.25, 0.3) is 0 Å². The van der Waals surface area contributed by atoms with E-state index in [1.54, 1.807) is 29.9 Å². The van der Waals surface area contributed by atoms with Gasteiger partial charge in [0.05, 0.1) is 13.3 Å². The van der Waals surface area contributed by atoms with Crippen molar-refractivity contribution in [3.8, 4) is 5.75 Å². The normalized spacial score (nSPS) is 12.0. The third-order valence-electron chi connectivity index (χ3n) is 3.88. The summed E-state index contributed by atoms with van der Waals surface area (Å²) in [5.74, 6) is 0.876. The molecule has 2 rings (SSSR count). The molecule has 0 aliphatic heterocycles. The van der Waals surface area contributed by atoms with Gasteiger partial charge in [-0.3, -0.25) is 9.48 Å². The number of likely N-dealkylation sites (N-methyl/N-ethyl adjacent to an activating group) is 2. The van der Waals surface area contributed by atoms with Crippen LogP contribution in [0, 0.1) is 0 Å². The second kappa shape index (κ2) is 7.78. The van der Waals surface area contributed by atoms with Gasteiger partial charge in [-0.15, -0.1) is 0 Å². The Labute approximate surface area is 137 Å². The van der Waals surface area contributed by atoms with Crippen LogP contribution in [-0.4, -0.2) is 48.3 Å². The van der Waals surface area contributed by atoms with E-state index in [1.165, 1.54) is 0 Å². The summed E-state index contributed by atoms with van der Waals surface area (Å²) in [5.41, 5.74) is 1.96. The SMILES string of the molecule is CNC(C(=O)N(C)CCc1ccccc1OC)c1cnn(C)c1. The number of carbonyl (C=O) groups excluding carboxylic acids is 1. The summed E-state index contributed by atoms with van der Waals surface area (Å²) in [7, 11) is 7.10. The smallest absolute Gasteiger partial charge is 0.244 e. The van der Waals surface area contributed by atoms with Crippen molar-refractivity contribution in [3.63, 3.8) is 0 Å². The Morgan fingerprint density at radius 3 is 2.78 bits per heavy atom. The number of para-hydroxylation sites is 1. The third kappa shape index (κ3) is 4.10. The Morgan fingerprint density at radius 2 is 2.17 bits per heavy atom. The van der Waals surface area contributed by atoms with Crippen LogP contribution in [0.15, 0.2) is 36.7 Å². The molecule has 0 aliphatic carbocycles. The predicted octanol–water partition coefficient (Wildman–Crippen LogP) is 1.39. The number of nitrogens with one attached hydrogen (secondary N) is 1. The molecule has 0 saturated carbocycles. The summed E-state index contributed by atoms with van der Waals surface area (Å²) in [6.45, 7) is 0.623. The molecule has 6 heteroatoms. The van der Waals surface area contributed by atoms with Crippen molar-refractivity contribution in [1.29, 1.82) is 0 Å². The quantitative estimate of drug-likeness (QED) is 0.838. The number of aromatic nitrogens is 2. The van der Waals surface area contributed by atoms with Crippen LogP contribution < -0.4 is 10.1 Å². The number of hydrogen-bond donors (Lipinski definition) is 1. The fraction of sp³-hybridized carbons (Fsp3) is 0.412. The van der Waals surface area contributed by atoms with E-state index in [0.29, 0.717) is 6.54 Å². The van der Waals surface area contributed by atoms with Crippen LogP contribution in [0.3, 0.4) is 0 Å². The molecule has 2 aromatic rings. The molecule has 124 valence electrons. The highest BCUT2D eigenvalue weighted by molar-refractivity contribution is 5.83. The number of aryl methyl sites for hydroxylation is 1. The summed E-state index contributed by atoms with van der Waals surface area (Å²) < 4.78 is 7.05. The van der Waals surface area contributed by atoms with Gasteiger partial charge in [-0.1, -0.05) is 18.2 Å². The molecule has 1 unspecified atom stereocenters. The van der Waals surface area contributed by atoms with Crippen molar-refractivity contribution in [1.82, 2.24) is 20.0 Å². The lowest BCUT2D eigenvalue weighted by Crippen LogP contribution is -2.38. The lowest BCUT2D eigenvalue weighted by atomic mass is 10.1. The van der Waals surface area contributed by atoms with E-state index in [9.17, 15) is 4.79 Å². The molecular formula is C17H24N4O2. The summed E-state index contributed by atoms with van der Waals surface area (Å²) >= 11 is 0. The summed E-state index contributed by atoms with van der Waals surface area (Å²) in [4.78, 5) is 14.4. The summed E-state index contributed by atoms with van der Waals surface area (Å²) in [6.07, 6.45) is 4.32. The molecule has 1 aromatic carbocycles. The second-order valence-electron chi connectivity index (χ2n) is 5.49. The highest BCUT2D eigenvalue weighted by Crippen LogP contribution is 2.19. The molecule has 0 aliphatic rings. The minimum atomic E-state index is -0.383. The maximum atomic E-state index is 12.7. The first-order valence-electron chi connectivity index (χ1n) is 7.59. The standard InChI is InChI=1S/C17H24N4O2/c1-18-16(14-11-19-21(3)12-14)17(22)20(2)10-9-13-7-5-6-8-15(13)23-4/h5-8,11-12,16,18H,9-10H2,1-4H3. The highest BCUT2D eigenvalue weighted by Gasteiger charge is 2.23. The molecule has 6 nitrogen and oxygen atoms in total. The molecule has 1 atom stereocenters. The first kappa shape index (κ1) is 17.0. The number of amides is 1. The van der Waals surface area contributed by atoms with Gasteiger partial charge in [0, 0.05) is 32.4 Å². The molecule has 23 heavy (non-hydrogen) atoms. The average Bonchev–Trinajstić information content (AvgIpc) is 2.99. The van der Waals surface area contributed by atoms with Crippen molar-refractivity contribution in [2.24, 2.45) is 7.05 Å². The maximum absolute atomic E-state index is 12.7. The fourth-order valence-corrected chi connectivity index (χ4v) is 2.55. The van der Waals surface area contributed by atoms with Gasteiger partial charge in [0.15, 0.2) is 0 Å². The number of benzene rings is 1. The van der Waals surface area contributed by atoms with Gasteiger partial charge in [0.25, 0.3) is 0 Å².